The number of rotatable bonds is 3. The fourth-order valence-electron chi connectivity index (χ4n) is 2.16. The third-order valence-corrected chi connectivity index (χ3v) is 3.17. The molecule has 1 aliphatic rings. The van der Waals surface area contributed by atoms with Gasteiger partial charge in [-0.3, -0.25) is 4.90 Å². The maximum absolute atomic E-state index is 6.05. The first-order valence-corrected chi connectivity index (χ1v) is 5.53. The average Bonchev–Trinajstić information content (AvgIpc) is 2.73. The van der Waals surface area contributed by atoms with Gasteiger partial charge in [-0.05, 0) is 12.3 Å². The van der Waals surface area contributed by atoms with E-state index < -0.39 is 0 Å². The van der Waals surface area contributed by atoms with Crippen molar-refractivity contribution in [2.75, 3.05) is 13.1 Å². The minimum absolute atomic E-state index is 0.355. The molecule has 0 amide bonds. The molecule has 0 bridgehead atoms. The molecule has 1 aromatic heterocycles. The van der Waals surface area contributed by atoms with Crippen molar-refractivity contribution < 1.29 is 4.52 Å². The van der Waals surface area contributed by atoms with Crippen molar-refractivity contribution in [2.24, 2.45) is 11.7 Å². The van der Waals surface area contributed by atoms with Crippen LogP contribution in [0.3, 0.4) is 0 Å². The van der Waals surface area contributed by atoms with E-state index in [1.54, 1.807) is 0 Å². The summed E-state index contributed by atoms with van der Waals surface area (Å²) >= 11 is 0. The summed E-state index contributed by atoms with van der Waals surface area (Å²) in [5, 5.41) is 3.60. The molecule has 0 radical (unpaired) electrons. The number of piperidine rings is 1. The molecular weight excluding hydrogens is 192 g/mol. The average molecular weight is 210 g/mol. The van der Waals surface area contributed by atoms with E-state index in [1.165, 1.54) is 6.33 Å². The highest BCUT2D eigenvalue weighted by atomic mass is 16.5. The van der Waals surface area contributed by atoms with Gasteiger partial charge in [0.1, 0.15) is 0 Å². The Morgan fingerprint density at radius 3 is 3.20 bits per heavy atom. The van der Waals surface area contributed by atoms with Crippen molar-refractivity contribution in [2.45, 2.75) is 32.4 Å². The Morgan fingerprint density at radius 1 is 1.67 bits per heavy atom. The molecule has 1 fully saturated rings. The summed E-state index contributed by atoms with van der Waals surface area (Å²) in [6.45, 7) is 5.02. The van der Waals surface area contributed by atoms with Crippen molar-refractivity contribution in [3.63, 3.8) is 0 Å². The van der Waals surface area contributed by atoms with Gasteiger partial charge in [-0.25, -0.2) is 0 Å². The topological polar surface area (TPSA) is 68.2 Å². The van der Waals surface area contributed by atoms with Gasteiger partial charge in [0.2, 0.25) is 5.89 Å². The number of hydrogen-bond donors (Lipinski definition) is 1. The van der Waals surface area contributed by atoms with Gasteiger partial charge in [0.05, 0.1) is 6.54 Å². The van der Waals surface area contributed by atoms with Crippen LogP contribution >= 0.6 is 0 Å². The molecule has 0 aromatic carbocycles. The van der Waals surface area contributed by atoms with Gasteiger partial charge >= 0.3 is 0 Å². The molecule has 5 nitrogen and oxygen atoms in total. The second-order valence-electron chi connectivity index (χ2n) is 4.19. The summed E-state index contributed by atoms with van der Waals surface area (Å²) in [6, 6.07) is 0.355. The Morgan fingerprint density at radius 2 is 2.53 bits per heavy atom. The molecule has 1 aromatic rings. The Bertz CT molecular complexity index is 288. The molecule has 0 aliphatic carbocycles. The lowest BCUT2D eigenvalue weighted by Crippen LogP contribution is -2.46. The first-order valence-electron chi connectivity index (χ1n) is 5.53. The Labute approximate surface area is 89.6 Å². The molecule has 1 aliphatic heterocycles. The van der Waals surface area contributed by atoms with Crippen LogP contribution in [0.5, 0.6) is 0 Å². The lowest BCUT2D eigenvalue weighted by atomic mass is 9.91. The van der Waals surface area contributed by atoms with Gasteiger partial charge in [-0.15, -0.1) is 0 Å². The number of hydrogen-bond acceptors (Lipinski definition) is 5. The normalized spacial score (nSPS) is 28.1. The van der Waals surface area contributed by atoms with E-state index in [-0.39, 0.29) is 0 Å². The molecule has 15 heavy (non-hydrogen) atoms. The zero-order valence-corrected chi connectivity index (χ0v) is 9.09. The molecule has 5 heteroatoms. The third-order valence-electron chi connectivity index (χ3n) is 3.17. The SMILES string of the molecule is CCC1CN(Cc2ncno2)CCC1N. The van der Waals surface area contributed by atoms with Crippen molar-refractivity contribution >= 4 is 0 Å². The molecule has 2 unspecified atom stereocenters. The number of aromatic nitrogens is 2. The van der Waals surface area contributed by atoms with Crippen LogP contribution in [0.1, 0.15) is 25.7 Å². The zero-order valence-electron chi connectivity index (χ0n) is 9.09. The molecule has 2 atom stereocenters. The van der Waals surface area contributed by atoms with E-state index in [1.807, 2.05) is 0 Å². The minimum atomic E-state index is 0.355. The lowest BCUT2D eigenvalue weighted by Gasteiger charge is -2.35. The van der Waals surface area contributed by atoms with Gasteiger partial charge in [-0.1, -0.05) is 18.5 Å². The van der Waals surface area contributed by atoms with E-state index in [0.29, 0.717) is 17.9 Å². The standard InChI is InChI=1S/C10H18N4O/c1-2-8-5-14(4-3-9(8)11)6-10-12-7-13-15-10/h7-9H,2-6,11H2,1H3. The van der Waals surface area contributed by atoms with Crippen LogP contribution < -0.4 is 5.73 Å². The lowest BCUT2D eigenvalue weighted by molar-refractivity contribution is 0.131. The van der Waals surface area contributed by atoms with Gasteiger partial charge < -0.3 is 10.3 Å². The number of nitrogens with zero attached hydrogens (tertiary/aromatic N) is 3. The molecule has 1 saturated heterocycles. The summed E-state index contributed by atoms with van der Waals surface area (Å²) in [5.41, 5.74) is 6.05. The summed E-state index contributed by atoms with van der Waals surface area (Å²) < 4.78 is 5.00. The summed E-state index contributed by atoms with van der Waals surface area (Å²) in [7, 11) is 0. The van der Waals surface area contributed by atoms with Crippen molar-refractivity contribution in [3.8, 4) is 0 Å². The second kappa shape index (κ2) is 4.72. The predicted octanol–water partition coefficient (Wildman–Crippen LogP) is 0.629. The highest BCUT2D eigenvalue weighted by Gasteiger charge is 2.25. The van der Waals surface area contributed by atoms with E-state index in [9.17, 15) is 0 Å². The van der Waals surface area contributed by atoms with Crippen molar-refractivity contribution in [1.29, 1.82) is 0 Å². The summed E-state index contributed by atoms with van der Waals surface area (Å²) in [6.07, 6.45) is 3.65. The van der Waals surface area contributed by atoms with E-state index in [0.717, 1.165) is 32.5 Å². The van der Waals surface area contributed by atoms with E-state index in [2.05, 4.69) is 22.0 Å². The van der Waals surface area contributed by atoms with Gasteiger partial charge in [-0.2, -0.15) is 4.98 Å². The largest absolute Gasteiger partial charge is 0.338 e. The third kappa shape index (κ3) is 2.54. The van der Waals surface area contributed by atoms with E-state index in [4.69, 9.17) is 10.3 Å². The molecule has 84 valence electrons. The zero-order chi connectivity index (χ0) is 10.7. The van der Waals surface area contributed by atoms with E-state index >= 15 is 0 Å². The quantitative estimate of drug-likeness (QED) is 0.792. The molecule has 0 saturated carbocycles. The molecular formula is C10H18N4O. The summed E-state index contributed by atoms with van der Waals surface area (Å²) in [5.74, 6) is 1.29. The van der Waals surface area contributed by atoms with Crippen LogP contribution in [0.25, 0.3) is 0 Å². The predicted molar refractivity (Wildman–Crippen MR) is 55.9 cm³/mol. The minimum Gasteiger partial charge on any atom is -0.338 e. The smallest absolute Gasteiger partial charge is 0.240 e. The maximum atomic E-state index is 6.05. The Balaban J connectivity index is 1.89. The highest BCUT2D eigenvalue weighted by Crippen LogP contribution is 2.19. The van der Waals surface area contributed by atoms with Crippen LogP contribution in [0.2, 0.25) is 0 Å². The molecule has 2 rings (SSSR count). The maximum Gasteiger partial charge on any atom is 0.240 e. The van der Waals surface area contributed by atoms with Crippen molar-refractivity contribution in [3.05, 3.63) is 12.2 Å². The van der Waals surface area contributed by atoms with Crippen molar-refractivity contribution in [1.82, 2.24) is 15.0 Å². The van der Waals surface area contributed by atoms with Crippen LogP contribution in [-0.4, -0.2) is 34.2 Å². The highest BCUT2D eigenvalue weighted by molar-refractivity contribution is 4.84. The molecule has 0 spiro atoms. The Kier molecular flexibility index (Phi) is 3.33. The monoisotopic (exact) mass is 210 g/mol. The fraction of sp³-hybridized carbons (Fsp3) is 0.800. The molecule has 2 heterocycles. The first-order chi connectivity index (χ1) is 7.29. The number of likely N-dealkylation sites (tertiary alicyclic amines) is 1. The second-order valence-corrected chi connectivity index (χ2v) is 4.19. The first kappa shape index (κ1) is 10.6. The van der Waals surface area contributed by atoms with Crippen LogP contribution in [-0.2, 0) is 6.54 Å². The Hall–Kier alpha value is -0.940. The van der Waals surface area contributed by atoms with Gasteiger partial charge in [0, 0.05) is 19.1 Å². The molecule has 2 N–H and O–H groups in total. The fourth-order valence-corrected chi connectivity index (χ4v) is 2.16. The van der Waals surface area contributed by atoms with Gasteiger partial charge in [0.15, 0.2) is 6.33 Å². The van der Waals surface area contributed by atoms with Crippen LogP contribution in [0.15, 0.2) is 10.9 Å². The summed E-state index contributed by atoms with van der Waals surface area (Å²) in [4.78, 5) is 6.37. The number of nitrogens with two attached hydrogens (primary N) is 1. The van der Waals surface area contributed by atoms with Crippen LogP contribution in [0.4, 0.5) is 0 Å². The van der Waals surface area contributed by atoms with Gasteiger partial charge in [0.25, 0.3) is 0 Å². The van der Waals surface area contributed by atoms with Crippen LogP contribution in [0, 0.1) is 5.92 Å².